The van der Waals surface area contributed by atoms with Crippen LogP contribution in [-0.2, 0) is 10.0 Å². The van der Waals surface area contributed by atoms with Gasteiger partial charge in [0.15, 0.2) is 0 Å². The maximum Gasteiger partial charge on any atom is 0.238 e. The van der Waals surface area contributed by atoms with Crippen molar-refractivity contribution in [1.29, 1.82) is 0 Å². The third-order valence-corrected chi connectivity index (χ3v) is 4.71. The number of nitrogens with two attached hydrogens (primary N) is 2. The summed E-state index contributed by atoms with van der Waals surface area (Å²) in [7, 11) is 0.438. The molecule has 0 aliphatic carbocycles. The van der Waals surface area contributed by atoms with Gasteiger partial charge in [0.2, 0.25) is 10.0 Å². The standard InChI is InChI=1S/C13H22N4O2S/c1-16(2)10-4-3-7-17(9-10)13-6-5-11(8-12(13)14)20(15,18)19/h5-6,8,10H,3-4,7,9,14H2,1-2H3,(H2,15,18,19). The second kappa shape index (κ2) is 5.59. The van der Waals surface area contributed by atoms with E-state index in [1.54, 1.807) is 6.07 Å². The first kappa shape index (κ1) is 15.1. The van der Waals surface area contributed by atoms with Gasteiger partial charge < -0.3 is 15.5 Å². The topological polar surface area (TPSA) is 92.7 Å². The highest BCUT2D eigenvalue weighted by Gasteiger charge is 2.23. The molecule has 0 amide bonds. The second-order valence-electron chi connectivity index (χ2n) is 5.47. The number of benzene rings is 1. The van der Waals surface area contributed by atoms with Crippen LogP contribution in [0.4, 0.5) is 11.4 Å². The SMILES string of the molecule is CN(C)C1CCCN(c2ccc(S(N)(=O)=O)cc2N)C1. The largest absolute Gasteiger partial charge is 0.397 e. The first-order valence-electron chi connectivity index (χ1n) is 6.63. The maximum absolute atomic E-state index is 11.3. The van der Waals surface area contributed by atoms with Crippen LogP contribution in [0.25, 0.3) is 0 Å². The predicted octanol–water partition coefficient (Wildman–Crippen LogP) is 0.447. The van der Waals surface area contributed by atoms with Gasteiger partial charge in [-0.1, -0.05) is 0 Å². The summed E-state index contributed by atoms with van der Waals surface area (Å²) < 4.78 is 22.6. The van der Waals surface area contributed by atoms with E-state index in [0.29, 0.717) is 11.7 Å². The first-order chi connectivity index (χ1) is 9.29. The van der Waals surface area contributed by atoms with Crippen molar-refractivity contribution in [3.8, 4) is 0 Å². The molecule has 112 valence electrons. The van der Waals surface area contributed by atoms with Crippen molar-refractivity contribution in [2.45, 2.75) is 23.8 Å². The summed E-state index contributed by atoms with van der Waals surface area (Å²) in [6.45, 7) is 1.83. The molecule has 1 aliphatic rings. The summed E-state index contributed by atoms with van der Waals surface area (Å²) in [4.78, 5) is 4.47. The van der Waals surface area contributed by atoms with Gasteiger partial charge in [-0.05, 0) is 45.1 Å². The summed E-state index contributed by atoms with van der Waals surface area (Å²) in [5, 5.41) is 5.11. The average Bonchev–Trinajstić information content (AvgIpc) is 2.37. The van der Waals surface area contributed by atoms with Crippen molar-refractivity contribution in [3.05, 3.63) is 18.2 Å². The minimum absolute atomic E-state index is 0.0555. The molecule has 7 heteroatoms. The van der Waals surface area contributed by atoms with Gasteiger partial charge in [-0.2, -0.15) is 0 Å². The number of primary sulfonamides is 1. The number of hydrogen-bond donors (Lipinski definition) is 2. The van der Waals surface area contributed by atoms with Crippen LogP contribution in [0.15, 0.2) is 23.1 Å². The van der Waals surface area contributed by atoms with E-state index >= 15 is 0 Å². The molecule has 1 atom stereocenters. The Labute approximate surface area is 120 Å². The molecule has 0 radical (unpaired) electrons. The van der Waals surface area contributed by atoms with E-state index in [9.17, 15) is 8.42 Å². The quantitative estimate of drug-likeness (QED) is 0.790. The predicted molar refractivity (Wildman–Crippen MR) is 81.1 cm³/mol. The highest BCUT2D eigenvalue weighted by molar-refractivity contribution is 7.89. The average molecular weight is 298 g/mol. The molecular weight excluding hydrogens is 276 g/mol. The zero-order valence-electron chi connectivity index (χ0n) is 11.9. The lowest BCUT2D eigenvalue weighted by molar-refractivity contribution is 0.258. The second-order valence-corrected chi connectivity index (χ2v) is 7.03. The Morgan fingerprint density at radius 1 is 1.35 bits per heavy atom. The van der Waals surface area contributed by atoms with Crippen LogP contribution < -0.4 is 15.8 Å². The molecule has 2 rings (SSSR count). The zero-order valence-corrected chi connectivity index (χ0v) is 12.7. The third-order valence-electron chi connectivity index (χ3n) is 3.80. The number of anilines is 2. The molecular formula is C13H22N4O2S. The third kappa shape index (κ3) is 3.23. The van der Waals surface area contributed by atoms with Crippen LogP contribution in [0.2, 0.25) is 0 Å². The molecule has 20 heavy (non-hydrogen) atoms. The van der Waals surface area contributed by atoms with Crippen molar-refractivity contribution < 1.29 is 8.42 Å². The van der Waals surface area contributed by atoms with Gasteiger partial charge in [0.05, 0.1) is 16.3 Å². The van der Waals surface area contributed by atoms with Gasteiger partial charge in [-0.15, -0.1) is 0 Å². The summed E-state index contributed by atoms with van der Waals surface area (Å²) in [6.07, 6.45) is 2.26. The van der Waals surface area contributed by atoms with E-state index < -0.39 is 10.0 Å². The monoisotopic (exact) mass is 298 g/mol. The molecule has 1 aliphatic heterocycles. The van der Waals surface area contributed by atoms with Gasteiger partial charge in [0.1, 0.15) is 0 Å². The van der Waals surface area contributed by atoms with Crippen molar-refractivity contribution in [2.24, 2.45) is 5.14 Å². The van der Waals surface area contributed by atoms with E-state index in [-0.39, 0.29) is 4.90 Å². The molecule has 0 saturated carbocycles. The molecule has 1 saturated heterocycles. The summed E-state index contributed by atoms with van der Waals surface area (Å²) >= 11 is 0. The number of rotatable bonds is 3. The summed E-state index contributed by atoms with van der Waals surface area (Å²) in [5.41, 5.74) is 7.33. The summed E-state index contributed by atoms with van der Waals surface area (Å²) in [6, 6.07) is 5.18. The maximum atomic E-state index is 11.3. The normalized spacial score (nSPS) is 20.4. The molecule has 1 fully saturated rings. The summed E-state index contributed by atoms with van der Waals surface area (Å²) in [5.74, 6) is 0. The number of piperidine rings is 1. The minimum atomic E-state index is -3.70. The molecule has 0 bridgehead atoms. The smallest absolute Gasteiger partial charge is 0.238 e. The van der Waals surface area contributed by atoms with E-state index in [1.165, 1.54) is 18.6 Å². The van der Waals surface area contributed by atoms with Gasteiger partial charge in [-0.3, -0.25) is 0 Å². The van der Waals surface area contributed by atoms with Crippen LogP contribution in [0, 0.1) is 0 Å². The fourth-order valence-corrected chi connectivity index (χ4v) is 3.14. The van der Waals surface area contributed by atoms with Crippen LogP contribution in [0.3, 0.4) is 0 Å². The van der Waals surface area contributed by atoms with Crippen LogP contribution in [0.1, 0.15) is 12.8 Å². The Kier molecular flexibility index (Phi) is 4.22. The Morgan fingerprint density at radius 2 is 2.05 bits per heavy atom. The lowest BCUT2D eigenvalue weighted by atomic mass is 10.0. The molecule has 0 aromatic heterocycles. The van der Waals surface area contributed by atoms with Crippen molar-refractivity contribution in [3.63, 3.8) is 0 Å². The van der Waals surface area contributed by atoms with Gasteiger partial charge in [-0.25, -0.2) is 13.6 Å². The fraction of sp³-hybridized carbons (Fsp3) is 0.538. The Morgan fingerprint density at radius 3 is 2.60 bits per heavy atom. The van der Waals surface area contributed by atoms with Crippen molar-refractivity contribution in [1.82, 2.24) is 4.90 Å². The number of nitrogen functional groups attached to an aromatic ring is 1. The number of nitrogens with zero attached hydrogens (tertiary/aromatic N) is 2. The Hall–Kier alpha value is -1.31. The van der Waals surface area contributed by atoms with Crippen molar-refractivity contribution >= 4 is 21.4 Å². The fourth-order valence-electron chi connectivity index (χ4n) is 2.59. The van der Waals surface area contributed by atoms with Gasteiger partial charge in [0, 0.05) is 19.1 Å². The van der Waals surface area contributed by atoms with Crippen LogP contribution in [-0.4, -0.2) is 46.5 Å². The molecule has 6 nitrogen and oxygen atoms in total. The Balaban J connectivity index is 2.25. The minimum Gasteiger partial charge on any atom is -0.397 e. The van der Waals surface area contributed by atoms with Crippen LogP contribution in [0.5, 0.6) is 0 Å². The van der Waals surface area contributed by atoms with E-state index in [0.717, 1.165) is 25.2 Å². The molecule has 0 spiro atoms. The highest BCUT2D eigenvalue weighted by atomic mass is 32.2. The first-order valence-corrected chi connectivity index (χ1v) is 8.17. The Bertz CT molecular complexity index is 586. The lowest BCUT2D eigenvalue weighted by Crippen LogP contribution is -2.45. The molecule has 4 N–H and O–H groups in total. The molecule has 1 unspecified atom stereocenters. The molecule has 1 heterocycles. The molecule has 1 aromatic carbocycles. The van der Waals surface area contributed by atoms with E-state index in [2.05, 4.69) is 23.9 Å². The lowest BCUT2D eigenvalue weighted by Gasteiger charge is -2.38. The number of hydrogen-bond acceptors (Lipinski definition) is 5. The van der Waals surface area contributed by atoms with Gasteiger partial charge >= 0.3 is 0 Å². The van der Waals surface area contributed by atoms with Crippen LogP contribution >= 0.6 is 0 Å². The van der Waals surface area contributed by atoms with Crippen molar-refractivity contribution in [2.75, 3.05) is 37.8 Å². The van der Waals surface area contributed by atoms with E-state index in [4.69, 9.17) is 10.9 Å². The van der Waals surface area contributed by atoms with E-state index in [1.807, 2.05) is 0 Å². The van der Waals surface area contributed by atoms with Gasteiger partial charge in [0.25, 0.3) is 0 Å². The zero-order chi connectivity index (χ0) is 14.9. The number of likely N-dealkylation sites (N-methyl/N-ethyl adjacent to an activating group) is 1. The highest BCUT2D eigenvalue weighted by Crippen LogP contribution is 2.29. The molecule has 1 aromatic rings. The number of sulfonamides is 1.